The molecule has 0 saturated carbocycles. The van der Waals surface area contributed by atoms with Crippen LogP contribution in [0.3, 0.4) is 0 Å². The summed E-state index contributed by atoms with van der Waals surface area (Å²) in [6.07, 6.45) is 0.0502. The van der Waals surface area contributed by atoms with Crippen LogP contribution in [0.15, 0.2) is 23.1 Å². The van der Waals surface area contributed by atoms with Gasteiger partial charge in [-0.25, -0.2) is 5.48 Å². The molecule has 1 aliphatic rings. The fourth-order valence-corrected chi connectivity index (χ4v) is 2.94. The minimum absolute atomic E-state index is 0.0502. The zero-order valence-corrected chi connectivity index (χ0v) is 13.6. The summed E-state index contributed by atoms with van der Waals surface area (Å²) < 4.78 is 0. The van der Waals surface area contributed by atoms with Gasteiger partial charge in [0.05, 0.1) is 16.5 Å². The number of hydrogen-bond donors (Lipinski definition) is 2. The molecule has 21 heavy (non-hydrogen) atoms. The number of benzene rings is 1. The number of anilines is 1. The van der Waals surface area contributed by atoms with Gasteiger partial charge in [0.2, 0.25) is 11.8 Å². The summed E-state index contributed by atoms with van der Waals surface area (Å²) in [5.74, 6) is -0.532. The van der Waals surface area contributed by atoms with Crippen LogP contribution in [-0.4, -0.2) is 22.7 Å². The molecule has 7 heteroatoms. The minimum atomic E-state index is -0.484. The van der Waals surface area contributed by atoms with E-state index in [4.69, 9.17) is 16.4 Å². The SMILES string of the molecule is CC(C)(C)ONC(=O)C[C@H]1Sc2ccc(Cl)cc2NC1=O. The molecule has 2 amide bonds. The Labute approximate surface area is 132 Å². The van der Waals surface area contributed by atoms with Gasteiger partial charge >= 0.3 is 0 Å². The molecule has 114 valence electrons. The second-order valence-electron chi connectivity index (χ2n) is 5.68. The smallest absolute Gasteiger partial charge is 0.245 e. The Bertz CT molecular complexity index is 572. The number of hydrogen-bond acceptors (Lipinski definition) is 4. The monoisotopic (exact) mass is 328 g/mol. The van der Waals surface area contributed by atoms with E-state index in [9.17, 15) is 9.59 Å². The number of carbonyl (C=O) groups is 2. The van der Waals surface area contributed by atoms with Crippen LogP contribution in [-0.2, 0) is 14.4 Å². The summed E-state index contributed by atoms with van der Waals surface area (Å²) in [7, 11) is 0. The lowest BCUT2D eigenvalue weighted by Gasteiger charge is -2.24. The van der Waals surface area contributed by atoms with Gasteiger partial charge in [-0.05, 0) is 39.0 Å². The van der Waals surface area contributed by atoms with Gasteiger partial charge in [-0.15, -0.1) is 11.8 Å². The van der Waals surface area contributed by atoms with Crippen molar-refractivity contribution in [2.45, 2.75) is 42.9 Å². The molecule has 0 saturated heterocycles. The first kappa shape index (κ1) is 16.1. The number of thioether (sulfide) groups is 1. The predicted molar refractivity (Wildman–Crippen MR) is 83.3 cm³/mol. The zero-order chi connectivity index (χ0) is 15.6. The van der Waals surface area contributed by atoms with E-state index >= 15 is 0 Å². The molecule has 0 bridgehead atoms. The Morgan fingerprint density at radius 3 is 2.86 bits per heavy atom. The van der Waals surface area contributed by atoms with Crippen LogP contribution < -0.4 is 10.8 Å². The van der Waals surface area contributed by atoms with Crippen LogP contribution in [0.2, 0.25) is 5.02 Å². The molecule has 0 fully saturated rings. The molecule has 0 aliphatic carbocycles. The molecule has 1 aliphatic heterocycles. The predicted octanol–water partition coefficient (Wildman–Crippen LogP) is 2.99. The first-order valence-electron chi connectivity index (χ1n) is 6.48. The quantitative estimate of drug-likeness (QED) is 0.837. The van der Waals surface area contributed by atoms with Crippen molar-refractivity contribution in [2.75, 3.05) is 5.32 Å². The topological polar surface area (TPSA) is 67.4 Å². The van der Waals surface area contributed by atoms with Crippen molar-refractivity contribution < 1.29 is 14.4 Å². The zero-order valence-electron chi connectivity index (χ0n) is 12.0. The van der Waals surface area contributed by atoms with Crippen LogP contribution in [0.1, 0.15) is 27.2 Å². The number of rotatable bonds is 3. The number of halogens is 1. The van der Waals surface area contributed by atoms with Crippen molar-refractivity contribution in [3.05, 3.63) is 23.2 Å². The van der Waals surface area contributed by atoms with E-state index in [1.165, 1.54) is 11.8 Å². The van der Waals surface area contributed by atoms with Crippen LogP contribution >= 0.6 is 23.4 Å². The highest BCUT2D eigenvalue weighted by Crippen LogP contribution is 2.38. The van der Waals surface area contributed by atoms with Crippen LogP contribution in [0.25, 0.3) is 0 Å². The highest BCUT2D eigenvalue weighted by Gasteiger charge is 2.29. The first-order chi connectivity index (χ1) is 9.74. The van der Waals surface area contributed by atoms with Crippen molar-refractivity contribution >= 4 is 40.9 Å². The van der Waals surface area contributed by atoms with E-state index < -0.39 is 10.9 Å². The molecule has 1 aromatic carbocycles. The molecule has 0 radical (unpaired) electrons. The third-order valence-electron chi connectivity index (χ3n) is 2.60. The van der Waals surface area contributed by atoms with Crippen molar-refractivity contribution in [3.63, 3.8) is 0 Å². The average Bonchev–Trinajstić information content (AvgIpc) is 2.37. The Hall–Kier alpha value is -1.24. The maximum absolute atomic E-state index is 12.0. The standard InChI is InChI=1S/C14H17ClN2O3S/c1-14(2,3)20-17-12(18)7-11-13(19)16-9-6-8(15)4-5-10(9)21-11/h4-6,11H,7H2,1-3H3,(H,16,19)(H,17,18)/t11-/m1/s1. The average molecular weight is 329 g/mol. The van der Waals surface area contributed by atoms with Gasteiger partial charge in [-0.1, -0.05) is 11.6 Å². The van der Waals surface area contributed by atoms with Crippen molar-refractivity contribution in [1.29, 1.82) is 0 Å². The van der Waals surface area contributed by atoms with Gasteiger partial charge in [-0.2, -0.15) is 0 Å². The first-order valence-corrected chi connectivity index (χ1v) is 7.74. The third-order valence-corrected chi connectivity index (χ3v) is 4.11. The second-order valence-corrected chi connectivity index (χ2v) is 7.36. The lowest BCUT2D eigenvalue weighted by atomic mass is 10.2. The van der Waals surface area contributed by atoms with Gasteiger partial charge in [0.25, 0.3) is 0 Å². The molecule has 1 aromatic rings. The molecule has 0 aromatic heterocycles. The van der Waals surface area contributed by atoms with Gasteiger partial charge in [-0.3, -0.25) is 14.4 Å². The van der Waals surface area contributed by atoms with Gasteiger partial charge < -0.3 is 5.32 Å². The minimum Gasteiger partial charge on any atom is -0.324 e. The highest BCUT2D eigenvalue weighted by atomic mass is 35.5. The van der Waals surface area contributed by atoms with E-state index in [0.29, 0.717) is 10.7 Å². The fraction of sp³-hybridized carbons (Fsp3) is 0.429. The summed E-state index contributed by atoms with van der Waals surface area (Å²) in [5, 5.41) is 2.84. The summed E-state index contributed by atoms with van der Waals surface area (Å²) >= 11 is 7.24. The van der Waals surface area contributed by atoms with E-state index in [0.717, 1.165) is 4.90 Å². The molecule has 0 unspecified atom stereocenters. The maximum Gasteiger partial charge on any atom is 0.245 e. The van der Waals surface area contributed by atoms with E-state index in [2.05, 4.69) is 10.8 Å². The van der Waals surface area contributed by atoms with E-state index in [1.54, 1.807) is 12.1 Å². The molecule has 1 atom stereocenters. The molecular weight excluding hydrogens is 312 g/mol. The number of fused-ring (bicyclic) bond motifs is 1. The summed E-state index contributed by atoms with van der Waals surface area (Å²) in [5.41, 5.74) is 2.58. The Kier molecular flexibility index (Phi) is 4.81. The van der Waals surface area contributed by atoms with Crippen molar-refractivity contribution in [1.82, 2.24) is 5.48 Å². The Balaban J connectivity index is 1.97. The number of amides is 2. The van der Waals surface area contributed by atoms with Gasteiger partial charge in [0, 0.05) is 16.3 Å². The largest absolute Gasteiger partial charge is 0.324 e. The van der Waals surface area contributed by atoms with Crippen LogP contribution in [0.4, 0.5) is 5.69 Å². The number of nitrogens with one attached hydrogen (secondary N) is 2. The fourth-order valence-electron chi connectivity index (χ4n) is 1.68. The molecule has 2 N–H and O–H groups in total. The van der Waals surface area contributed by atoms with Crippen molar-refractivity contribution in [3.8, 4) is 0 Å². The van der Waals surface area contributed by atoms with Crippen molar-refractivity contribution in [2.24, 2.45) is 0 Å². The Morgan fingerprint density at radius 1 is 1.48 bits per heavy atom. The second kappa shape index (κ2) is 6.25. The molecule has 5 nitrogen and oxygen atoms in total. The normalized spacial score (nSPS) is 17.9. The van der Waals surface area contributed by atoms with Crippen LogP contribution in [0.5, 0.6) is 0 Å². The third kappa shape index (κ3) is 4.62. The Morgan fingerprint density at radius 2 is 2.19 bits per heavy atom. The van der Waals surface area contributed by atoms with E-state index in [-0.39, 0.29) is 18.2 Å². The molecule has 0 spiro atoms. The summed E-state index contributed by atoms with van der Waals surface area (Å²) in [6.45, 7) is 5.49. The molecule has 1 heterocycles. The summed E-state index contributed by atoms with van der Waals surface area (Å²) in [4.78, 5) is 29.9. The van der Waals surface area contributed by atoms with Gasteiger partial charge in [0.1, 0.15) is 0 Å². The molecule has 2 rings (SSSR count). The van der Waals surface area contributed by atoms with E-state index in [1.807, 2.05) is 26.8 Å². The number of hydroxylamine groups is 1. The number of carbonyl (C=O) groups excluding carboxylic acids is 2. The lowest BCUT2D eigenvalue weighted by molar-refractivity contribution is -0.146. The lowest BCUT2D eigenvalue weighted by Crippen LogP contribution is -2.38. The summed E-state index contributed by atoms with van der Waals surface area (Å²) in [6, 6.07) is 5.28. The highest BCUT2D eigenvalue weighted by molar-refractivity contribution is 8.01. The van der Waals surface area contributed by atoms with Crippen LogP contribution in [0, 0.1) is 0 Å². The molecular formula is C14H17ClN2O3S. The maximum atomic E-state index is 12.0. The van der Waals surface area contributed by atoms with Gasteiger partial charge in [0.15, 0.2) is 0 Å².